The van der Waals surface area contributed by atoms with Crippen LogP contribution < -0.4 is 5.32 Å². The average molecular weight is 359 g/mol. The molecule has 0 unspecified atom stereocenters. The van der Waals surface area contributed by atoms with Gasteiger partial charge in [-0.3, -0.25) is 4.79 Å². The first-order valence-electron chi connectivity index (χ1n) is 7.69. The Hall–Kier alpha value is -3.36. The molecule has 0 radical (unpaired) electrons. The minimum absolute atomic E-state index is 0.177. The zero-order chi connectivity index (χ0) is 18.3. The number of nitrogens with one attached hydrogen (secondary N) is 2. The molecule has 9 heteroatoms. The summed E-state index contributed by atoms with van der Waals surface area (Å²) in [6.07, 6.45) is 3.13. The molecule has 6 nitrogen and oxygen atoms in total. The second kappa shape index (κ2) is 6.17. The summed E-state index contributed by atoms with van der Waals surface area (Å²) >= 11 is 0. The Morgan fingerprint density at radius 1 is 1.31 bits per heavy atom. The van der Waals surface area contributed by atoms with Crippen LogP contribution >= 0.6 is 0 Å². The van der Waals surface area contributed by atoms with E-state index in [9.17, 15) is 18.0 Å². The van der Waals surface area contributed by atoms with Crippen molar-refractivity contribution in [3.8, 4) is 11.1 Å². The molecule has 1 amide bonds. The molecule has 0 saturated heterocycles. The van der Waals surface area contributed by atoms with E-state index < -0.39 is 24.7 Å². The van der Waals surface area contributed by atoms with Crippen molar-refractivity contribution in [2.75, 3.05) is 6.54 Å². The Bertz CT molecular complexity index is 1120. The summed E-state index contributed by atoms with van der Waals surface area (Å²) in [6.45, 7) is -0.733. The van der Waals surface area contributed by atoms with E-state index in [-0.39, 0.29) is 5.56 Å². The van der Waals surface area contributed by atoms with Gasteiger partial charge in [-0.2, -0.15) is 5.10 Å². The lowest BCUT2D eigenvalue weighted by Gasteiger charge is -2.05. The number of carbonyl (C=O) groups excluding carboxylic acids is 1. The van der Waals surface area contributed by atoms with Gasteiger partial charge in [0.2, 0.25) is 0 Å². The highest BCUT2D eigenvalue weighted by atomic mass is 19.3. The van der Waals surface area contributed by atoms with Crippen molar-refractivity contribution >= 4 is 22.5 Å². The number of pyridine rings is 2. The van der Waals surface area contributed by atoms with Crippen LogP contribution in [0.3, 0.4) is 0 Å². The van der Waals surface area contributed by atoms with Crippen molar-refractivity contribution in [1.29, 1.82) is 0 Å². The lowest BCUT2D eigenvalue weighted by molar-refractivity contribution is 0.0893. The number of H-pyrrole nitrogens is 1. The number of carbonyl (C=O) groups is 1. The number of fused-ring (bicyclic) bond motifs is 2. The van der Waals surface area contributed by atoms with Crippen LogP contribution in [0.1, 0.15) is 10.4 Å². The number of alkyl halides is 2. The van der Waals surface area contributed by atoms with E-state index in [1.54, 1.807) is 24.5 Å². The summed E-state index contributed by atoms with van der Waals surface area (Å²) < 4.78 is 39.6. The van der Waals surface area contributed by atoms with Crippen LogP contribution in [0.15, 0.2) is 43.0 Å². The molecule has 2 N–H and O–H groups in total. The molecule has 0 bridgehead atoms. The molecule has 4 aromatic rings. The molecular formula is C17H12F3N5O. The van der Waals surface area contributed by atoms with Crippen LogP contribution in [0.5, 0.6) is 0 Å². The van der Waals surface area contributed by atoms with Crippen molar-refractivity contribution < 1.29 is 18.0 Å². The summed E-state index contributed by atoms with van der Waals surface area (Å²) in [6, 6.07) is 4.82. The van der Waals surface area contributed by atoms with Crippen molar-refractivity contribution in [3.05, 3.63) is 54.4 Å². The first-order valence-corrected chi connectivity index (χ1v) is 7.69. The third-order valence-electron chi connectivity index (χ3n) is 3.99. The van der Waals surface area contributed by atoms with Crippen LogP contribution in [-0.2, 0) is 0 Å². The van der Waals surface area contributed by atoms with Crippen molar-refractivity contribution in [2.45, 2.75) is 6.43 Å². The van der Waals surface area contributed by atoms with E-state index in [0.717, 1.165) is 6.20 Å². The van der Waals surface area contributed by atoms with Gasteiger partial charge in [0, 0.05) is 23.3 Å². The number of hydrogen-bond acceptors (Lipinski definition) is 3. The molecule has 4 rings (SSSR count). The van der Waals surface area contributed by atoms with Gasteiger partial charge in [-0.1, -0.05) is 0 Å². The second-order valence-corrected chi connectivity index (χ2v) is 5.66. The number of aromatic nitrogens is 4. The molecule has 0 fully saturated rings. The van der Waals surface area contributed by atoms with E-state index in [1.165, 1.54) is 16.8 Å². The maximum atomic E-state index is 13.5. The summed E-state index contributed by atoms with van der Waals surface area (Å²) in [7, 11) is 0. The fraction of sp³-hybridized carbons (Fsp3) is 0.118. The minimum Gasteiger partial charge on any atom is -0.346 e. The average Bonchev–Trinajstić information content (AvgIpc) is 3.22. The van der Waals surface area contributed by atoms with Gasteiger partial charge in [0.1, 0.15) is 11.5 Å². The molecule has 0 aliphatic rings. The third kappa shape index (κ3) is 2.77. The Morgan fingerprint density at radius 2 is 2.15 bits per heavy atom. The number of rotatable bonds is 4. The zero-order valence-electron chi connectivity index (χ0n) is 13.2. The van der Waals surface area contributed by atoms with Gasteiger partial charge in [0.05, 0.1) is 30.0 Å². The number of halogens is 3. The summed E-state index contributed by atoms with van der Waals surface area (Å²) in [5, 5.41) is 6.81. The van der Waals surface area contributed by atoms with Gasteiger partial charge >= 0.3 is 0 Å². The Morgan fingerprint density at radius 3 is 2.96 bits per heavy atom. The maximum absolute atomic E-state index is 13.5. The Balaban J connectivity index is 1.78. The first kappa shape index (κ1) is 16.1. The van der Waals surface area contributed by atoms with Gasteiger partial charge in [-0.25, -0.2) is 22.7 Å². The number of amides is 1. The van der Waals surface area contributed by atoms with Crippen LogP contribution in [-0.4, -0.2) is 38.5 Å². The van der Waals surface area contributed by atoms with E-state index in [2.05, 4.69) is 20.4 Å². The van der Waals surface area contributed by atoms with Gasteiger partial charge in [0.15, 0.2) is 0 Å². The fourth-order valence-corrected chi connectivity index (χ4v) is 2.80. The Kier molecular flexibility index (Phi) is 3.83. The molecule has 0 spiro atoms. The van der Waals surface area contributed by atoms with Gasteiger partial charge in [-0.15, -0.1) is 0 Å². The van der Waals surface area contributed by atoms with Gasteiger partial charge < -0.3 is 10.3 Å². The maximum Gasteiger partial charge on any atom is 0.255 e. The number of nitrogens with zero attached hydrogens (tertiary/aromatic N) is 3. The van der Waals surface area contributed by atoms with Gasteiger partial charge in [0.25, 0.3) is 12.3 Å². The molecular weight excluding hydrogens is 347 g/mol. The largest absolute Gasteiger partial charge is 0.346 e. The topological polar surface area (TPSA) is 75.1 Å². The predicted octanol–water partition coefficient (Wildman–Crippen LogP) is 3.01. The molecule has 0 saturated carbocycles. The summed E-state index contributed by atoms with van der Waals surface area (Å²) in [4.78, 5) is 19.1. The molecule has 4 heterocycles. The fourth-order valence-electron chi connectivity index (χ4n) is 2.80. The van der Waals surface area contributed by atoms with E-state index in [4.69, 9.17) is 0 Å². The van der Waals surface area contributed by atoms with Gasteiger partial charge in [-0.05, 0) is 23.8 Å². The lowest BCUT2D eigenvalue weighted by atomic mass is 10.1. The molecule has 132 valence electrons. The van der Waals surface area contributed by atoms with Crippen LogP contribution in [0.2, 0.25) is 0 Å². The molecule has 0 atom stereocenters. The van der Waals surface area contributed by atoms with E-state index in [0.29, 0.717) is 27.7 Å². The predicted molar refractivity (Wildman–Crippen MR) is 88.6 cm³/mol. The smallest absolute Gasteiger partial charge is 0.255 e. The highest BCUT2D eigenvalue weighted by molar-refractivity contribution is 6.02. The zero-order valence-corrected chi connectivity index (χ0v) is 13.2. The van der Waals surface area contributed by atoms with Crippen molar-refractivity contribution in [3.63, 3.8) is 0 Å². The molecule has 0 aromatic carbocycles. The first-order chi connectivity index (χ1) is 12.5. The summed E-state index contributed by atoms with van der Waals surface area (Å²) in [5.41, 5.74) is 2.57. The highest BCUT2D eigenvalue weighted by Crippen LogP contribution is 2.29. The highest BCUT2D eigenvalue weighted by Gasteiger charge is 2.16. The lowest BCUT2D eigenvalue weighted by Crippen LogP contribution is -2.28. The monoisotopic (exact) mass is 359 g/mol. The van der Waals surface area contributed by atoms with E-state index >= 15 is 0 Å². The van der Waals surface area contributed by atoms with Crippen molar-refractivity contribution in [2.24, 2.45) is 0 Å². The standard InChI is InChI=1S/C17H12F3N5O/c18-10-4-11-12(6-22-16(11)21-5-10)9-1-2-25-14(3-9)13(7-24-25)17(26)23-8-15(19)20/h1-7,15H,8H2,(H,21,22)(H,23,26). The Labute approximate surface area is 144 Å². The van der Waals surface area contributed by atoms with Crippen molar-refractivity contribution in [1.82, 2.24) is 24.9 Å². The minimum atomic E-state index is -2.63. The quantitative estimate of drug-likeness (QED) is 0.588. The molecule has 0 aliphatic heterocycles. The van der Waals surface area contributed by atoms with E-state index in [1.807, 2.05) is 0 Å². The SMILES string of the molecule is O=C(NCC(F)F)c1cnn2ccc(-c3c[nH]c4ncc(F)cc34)cc12. The molecule has 0 aliphatic carbocycles. The number of hydrogen-bond donors (Lipinski definition) is 2. The molecule has 4 aromatic heterocycles. The summed E-state index contributed by atoms with van der Waals surface area (Å²) in [5.74, 6) is -1.10. The number of aromatic amines is 1. The third-order valence-corrected chi connectivity index (χ3v) is 3.99. The molecule has 26 heavy (non-hydrogen) atoms. The normalized spacial score (nSPS) is 11.5. The van der Waals surface area contributed by atoms with Crippen LogP contribution in [0.25, 0.3) is 27.7 Å². The van der Waals surface area contributed by atoms with Crippen LogP contribution in [0, 0.1) is 5.82 Å². The van der Waals surface area contributed by atoms with Crippen LogP contribution in [0.4, 0.5) is 13.2 Å². The second-order valence-electron chi connectivity index (χ2n) is 5.66.